The quantitative estimate of drug-likeness (QED) is 0.847. The highest BCUT2D eigenvalue weighted by Gasteiger charge is 2.21. The summed E-state index contributed by atoms with van der Waals surface area (Å²) in [6, 6.07) is 5.88. The van der Waals surface area contributed by atoms with Gasteiger partial charge in [-0.05, 0) is 24.1 Å². The van der Waals surface area contributed by atoms with Crippen molar-refractivity contribution in [2.24, 2.45) is 0 Å². The second-order valence-corrected chi connectivity index (χ2v) is 6.31. The minimum Gasteiger partial charge on any atom is -0.480 e. The first kappa shape index (κ1) is 14.1. The number of hydrogen-bond acceptors (Lipinski definition) is 3. The number of nitrogens with one attached hydrogen (secondary N) is 1. The number of carboxylic acid groups (broad SMARTS) is 1. The number of benzene rings is 1. The molecule has 0 fully saturated rings. The second-order valence-electron chi connectivity index (χ2n) is 3.61. The monoisotopic (exact) mass is 321 g/mol. The van der Waals surface area contributed by atoms with E-state index in [-0.39, 0.29) is 6.42 Å². The van der Waals surface area contributed by atoms with Gasteiger partial charge in [0.25, 0.3) is 0 Å². The van der Waals surface area contributed by atoms with Crippen LogP contribution in [0.5, 0.6) is 0 Å². The predicted molar refractivity (Wildman–Crippen MR) is 67.2 cm³/mol. The summed E-state index contributed by atoms with van der Waals surface area (Å²) in [7, 11) is -3.54. The highest BCUT2D eigenvalue weighted by molar-refractivity contribution is 9.10. The summed E-state index contributed by atoms with van der Waals surface area (Å²) in [6.07, 6.45) is 1.04. The van der Waals surface area contributed by atoms with Crippen LogP contribution in [0.25, 0.3) is 0 Å². The molecule has 0 unspecified atom stereocenters. The highest BCUT2D eigenvalue weighted by Crippen LogP contribution is 2.12. The van der Waals surface area contributed by atoms with Gasteiger partial charge in [-0.3, -0.25) is 4.79 Å². The van der Waals surface area contributed by atoms with E-state index in [0.29, 0.717) is 0 Å². The van der Waals surface area contributed by atoms with Crippen molar-refractivity contribution in [1.82, 2.24) is 4.72 Å². The molecule has 5 nitrogen and oxygen atoms in total. The van der Waals surface area contributed by atoms with Crippen molar-refractivity contribution in [3.63, 3.8) is 0 Å². The van der Waals surface area contributed by atoms with Crippen molar-refractivity contribution in [3.05, 3.63) is 34.3 Å². The average Bonchev–Trinajstić information content (AvgIpc) is 2.18. The molecule has 0 radical (unpaired) electrons. The molecule has 7 heteroatoms. The first-order chi connectivity index (χ1) is 7.78. The van der Waals surface area contributed by atoms with Gasteiger partial charge in [0.1, 0.15) is 6.04 Å². The standard InChI is InChI=1S/C10H12BrNO4S/c1-17(15,16)12-9(10(13)14)6-7-2-4-8(11)5-3-7/h2-5,9,12H,6H2,1H3,(H,13,14)/t9-/m0/s1. The van der Waals surface area contributed by atoms with Crippen molar-refractivity contribution >= 4 is 31.9 Å². The number of sulfonamides is 1. The maximum absolute atomic E-state index is 11.0. The van der Waals surface area contributed by atoms with Gasteiger partial charge in [0.2, 0.25) is 10.0 Å². The fourth-order valence-electron chi connectivity index (χ4n) is 1.29. The van der Waals surface area contributed by atoms with E-state index in [2.05, 4.69) is 20.7 Å². The van der Waals surface area contributed by atoms with E-state index < -0.39 is 22.0 Å². The summed E-state index contributed by atoms with van der Waals surface area (Å²) in [4.78, 5) is 10.9. The molecule has 0 spiro atoms. The molecule has 0 aliphatic heterocycles. The fourth-order valence-corrected chi connectivity index (χ4v) is 2.26. The third kappa shape index (κ3) is 5.29. The van der Waals surface area contributed by atoms with Gasteiger partial charge in [0.05, 0.1) is 6.26 Å². The Morgan fingerprint density at radius 3 is 2.35 bits per heavy atom. The molecule has 2 N–H and O–H groups in total. The Balaban J connectivity index is 2.80. The van der Waals surface area contributed by atoms with E-state index in [9.17, 15) is 13.2 Å². The molecule has 0 saturated heterocycles. The van der Waals surface area contributed by atoms with Gasteiger partial charge >= 0.3 is 5.97 Å². The minimum absolute atomic E-state index is 0.107. The normalized spacial score (nSPS) is 13.3. The molecule has 0 amide bonds. The van der Waals surface area contributed by atoms with Crippen LogP contribution in [0.3, 0.4) is 0 Å². The number of carbonyl (C=O) groups is 1. The molecule has 0 aliphatic rings. The minimum atomic E-state index is -3.54. The van der Waals surface area contributed by atoms with Crippen LogP contribution in [-0.4, -0.2) is 31.8 Å². The van der Waals surface area contributed by atoms with Gasteiger partial charge in [-0.15, -0.1) is 0 Å². The van der Waals surface area contributed by atoms with Gasteiger partial charge in [0.15, 0.2) is 0 Å². The Labute approximate surface area is 108 Å². The molecular formula is C10H12BrNO4S. The second kappa shape index (κ2) is 5.61. The van der Waals surface area contributed by atoms with Gasteiger partial charge in [-0.1, -0.05) is 28.1 Å². The van der Waals surface area contributed by atoms with E-state index >= 15 is 0 Å². The number of aliphatic carboxylic acids is 1. The zero-order chi connectivity index (χ0) is 13.1. The lowest BCUT2D eigenvalue weighted by Gasteiger charge is -2.12. The fraction of sp³-hybridized carbons (Fsp3) is 0.300. The van der Waals surface area contributed by atoms with Crippen molar-refractivity contribution in [1.29, 1.82) is 0 Å². The van der Waals surface area contributed by atoms with Crippen LogP contribution in [0.4, 0.5) is 0 Å². The maximum atomic E-state index is 11.0. The van der Waals surface area contributed by atoms with Gasteiger partial charge in [-0.2, -0.15) is 0 Å². The molecule has 94 valence electrons. The molecule has 1 aromatic rings. The van der Waals surface area contributed by atoms with Crippen LogP contribution in [0.2, 0.25) is 0 Å². The average molecular weight is 322 g/mol. The lowest BCUT2D eigenvalue weighted by Crippen LogP contribution is -2.41. The molecule has 0 aromatic heterocycles. The highest BCUT2D eigenvalue weighted by atomic mass is 79.9. The summed E-state index contributed by atoms with van der Waals surface area (Å²) < 4.78 is 25.0. The van der Waals surface area contributed by atoms with Crippen molar-refractivity contribution in [2.75, 3.05) is 6.26 Å². The van der Waals surface area contributed by atoms with Crippen LogP contribution in [-0.2, 0) is 21.2 Å². The van der Waals surface area contributed by atoms with Crippen LogP contribution in [0, 0.1) is 0 Å². The SMILES string of the molecule is CS(=O)(=O)N[C@@H](Cc1ccc(Br)cc1)C(=O)O. The van der Waals surface area contributed by atoms with Crippen LogP contribution in [0.15, 0.2) is 28.7 Å². The molecule has 0 bridgehead atoms. The topological polar surface area (TPSA) is 83.5 Å². The van der Waals surface area contributed by atoms with E-state index in [0.717, 1.165) is 16.3 Å². The van der Waals surface area contributed by atoms with E-state index in [1.165, 1.54) is 0 Å². The summed E-state index contributed by atoms with van der Waals surface area (Å²) in [5.41, 5.74) is 0.747. The molecule has 17 heavy (non-hydrogen) atoms. The largest absolute Gasteiger partial charge is 0.480 e. The van der Waals surface area contributed by atoms with E-state index in [1.807, 2.05) is 0 Å². The maximum Gasteiger partial charge on any atom is 0.322 e. The molecule has 1 aromatic carbocycles. The Morgan fingerprint density at radius 1 is 1.41 bits per heavy atom. The molecular weight excluding hydrogens is 310 g/mol. The first-order valence-corrected chi connectivity index (χ1v) is 7.41. The molecule has 0 heterocycles. The van der Waals surface area contributed by atoms with Gasteiger partial charge in [-0.25, -0.2) is 13.1 Å². The van der Waals surface area contributed by atoms with Crippen LogP contribution >= 0.6 is 15.9 Å². The lowest BCUT2D eigenvalue weighted by atomic mass is 10.1. The molecule has 1 atom stereocenters. The molecule has 0 aliphatic carbocycles. The zero-order valence-electron chi connectivity index (χ0n) is 9.05. The first-order valence-electron chi connectivity index (χ1n) is 4.72. The van der Waals surface area contributed by atoms with Crippen molar-refractivity contribution < 1.29 is 18.3 Å². The summed E-state index contributed by atoms with van der Waals surface area (Å²) in [5, 5.41) is 8.92. The number of hydrogen-bond donors (Lipinski definition) is 2. The Bertz CT molecular complexity index is 498. The molecule has 0 saturated carbocycles. The van der Waals surface area contributed by atoms with Crippen LogP contribution < -0.4 is 4.72 Å². The summed E-state index contributed by atoms with van der Waals surface area (Å²) >= 11 is 3.26. The van der Waals surface area contributed by atoms with E-state index in [4.69, 9.17) is 5.11 Å². The van der Waals surface area contributed by atoms with Crippen LogP contribution in [0.1, 0.15) is 5.56 Å². The summed E-state index contributed by atoms with van der Waals surface area (Å²) in [5.74, 6) is -1.20. The number of halogens is 1. The van der Waals surface area contributed by atoms with Gasteiger partial charge in [0, 0.05) is 4.47 Å². The van der Waals surface area contributed by atoms with Gasteiger partial charge < -0.3 is 5.11 Å². The third-order valence-electron chi connectivity index (χ3n) is 2.01. The predicted octanol–water partition coefficient (Wildman–Crippen LogP) is 0.994. The smallest absolute Gasteiger partial charge is 0.322 e. The summed E-state index contributed by atoms with van der Waals surface area (Å²) in [6.45, 7) is 0. The lowest BCUT2D eigenvalue weighted by molar-refractivity contribution is -0.138. The Morgan fingerprint density at radius 2 is 1.94 bits per heavy atom. The van der Waals surface area contributed by atoms with Crippen molar-refractivity contribution in [2.45, 2.75) is 12.5 Å². The zero-order valence-corrected chi connectivity index (χ0v) is 11.5. The Hall–Kier alpha value is -0.920. The third-order valence-corrected chi connectivity index (χ3v) is 3.25. The van der Waals surface area contributed by atoms with Crippen molar-refractivity contribution in [3.8, 4) is 0 Å². The van der Waals surface area contributed by atoms with E-state index in [1.54, 1.807) is 24.3 Å². The number of rotatable bonds is 5. The number of carboxylic acids is 1. The Kier molecular flexibility index (Phi) is 4.67. The molecule has 1 rings (SSSR count).